The Morgan fingerprint density at radius 2 is 1.85 bits per heavy atom. The van der Waals surface area contributed by atoms with Crippen molar-refractivity contribution >= 4 is 6.09 Å². The van der Waals surface area contributed by atoms with Crippen molar-refractivity contribution in [2.45, 2.75) is 40.2 Å². The lowest BCUT2D eigenvalue weighted by molar-refractivity contribution is 0.175. The SMILES string of the molecule is COc1c(C)cc(-c2cc3c(cc2F)[C@H](NC(=O)O)C(C)(C)C3)cc1C. The molecule has 0 spiro atoms. The molecule has 0 heterocycles. The third kappa shape index (κ3) is 3.02. The fourth-order valence-corrected chi connectivity index (χ4v) is 4.11. The molecule has 1 atom stereocenters. The molecule has 0 bridgehead atoms. The monoisotopic (exact) mass is 357 g/mol. The summed E-state index contributed by atoms with van der Waals surface area (Å²) in [5.41, 5.74) is 4.63. The van der Waals surface area contributed by atoms with Crippen molar-refractivity contribution in [3.05, 3.63) is 52.3 Å². The second-order valence-electron chi connectivity index (χ2n) is 7.72. The maximum Gasteiger partial charge on any atom is 0.405 e. The van der Waals surface area contributed by atoms with Gasteiger partial charge in [-0.05, 0) is 77.8 Å². The fourth-order valence-electron chi connectivity index (χ4n) is 4.11. The van der Waals surface area contributed by atoms with E-state index in [9.17, 15) is 9.18 Å². The lowest BCUT2D eigenvalue weighted by Crippen LogP contribution is -2.34. The van der Waals surface area contributed by atoms with Gasteiger partial charge in [0.15, 0.2) is 0 Å². The number of benzene rings is 2. The molecule has 3 rings (SSSR count). The Morgan fingerprint density at radius 3 is 2.38 bits per heavy atom. The van der Waals surface area contributed by atoms with Crippen molar-refractivity contribution in [1.29, 1.82) is 0 Å². The molecule has 0 fully saturated rings. The van der Waals surface area contributed by atoms with E-state index in [1.54, 1.807) is 7.11 Å². The van der Waals surface area contributed by atoms with Crippen LogP contribution < -0.4 is 10.1 Å². The first-order chi connectivity index (χ1) is 12.1. The average molecular weight is 357 g/mol. The van der Waals surface area contributed by atoms with Crippen LogP contribution in [0.15, 0.2) is 24.3 Å². The predicted molar refractivity (Wildman–Crippen MR) is 99.2 cm³/mol. The Morgan fingerprint density at radius 1 is 1.23 bits per heavy atom. The second-order valence-corrected chi connectivity index (χ2v) is 7.72. The number of nitrogens with one attached hydrogen (secondary N) is 1. The van der Waals surface area contributed by atoms with Crippen molar-refractivity contribution in [3.8, 4) is 16.9 Å². The first-order valence-corrected chi connectivity index (χ1v) is 8.61. The molecule has 1 aliphatic carbocycles. The Balaban J connectivity index is 2.10. The van der Waals surface area contributed by atoms with E-state index in [-0.39, 0.29) is 11.2 Å². The van der Waals surface area contributed by atoms with Gasteiger partial charge in [-0.3, -0.25) is 0 Å². The molecule has 0 saturated carbocycles. The van der Waals surface area contributed by atoms with E-state index in [0.29, 0.717) is 12.0 Å². The van der Waals surface area contributed by atoms with E-state index in [1.165, 1.54) is 6.07 Å². The lowest BCUT2D eigenvalue weighted by atomic mass is 9.85. The summed E-state index contributed by atoms with van der Waals surface area (Å²) in [6.45, 7) is 7.87. The number of hydrogen-bond acceptors (Lipinski definition) is 2. The highest BCUT2D eigenvalue weighted by atomic mass is 19.1. The zero-order chi connectivity index (χ0) is 19.2. The van der Waals surface area contributed by atoms with Crippen LogP contribution in [0.25, 0.3) is 11.1 Å². The van der Waals surface area contributed by atoms with Crippen LogP contribution in [0.3, 0.4) is 0 Å². The number of hydrogen-bond donors (Lipinski definition) is 2. The van der Waals surface area contributed by atoms with E-state index in [0.717, 1.165) is 33.6 Å². The zero-order valence-electron chi connectivity index (χ0n) is 15.7. The van der Waals surface area contributed by atoms with Gasteiger partial charge in [-0.25, -0.2) is 9.18 Å². The van der Waals surface area contributed by atoms with E-state index in [4.69, 9.17) is 9.84 Å². The molecule has 2 aromatic carbocycles. The van der Waals surface area contributed by atoms with E-state index in [2.05, 4.69) is 5.32 Å². The molecule has 0 aromatic heterocycles. The number of rotatable bonds is 3. The summed E-state index contributed by atoms with van der Waals surface area (Å²) in [4.78, 5) is 11.1. The quantitative estimate of drug-likeness (QED) is 0.812. The minimum Gasteiger partial charge on any atom is -0.496 e. The van der Waals surface area contributed by atoms with Crippen LogP contribution in [0.5, 0.6) is 5.75 Å². The molecule has 26 heavy (non-hydrogen) atoms. The summed E-state index contributed by atoms with van der Waals surface area (Å²) in [5.74, 6) is 0.463. The van der Waals surface area contributed by atoms with Crippen molar-refractivity contribution in [2.75, 3.05) is 7.11 Å². The van der Waals surface area contributed by atoms with Gasteiger partial charge in [0, 0.05) is 5.56 Å². The topological polar surface area (TPSA) is 58.6 Å². The van der Waals surface area contributed by atoms with E-state index in [1.807, 2.05) is 45.9 Å². The van der Waals surface area contributed by atoms with Crippen LogP contribution >= 0.6 is 0 Å². The van der Waals surface area contributed by atoms with Crippen molar-refractivity contribution in [2.24, 2.45) is 5.41 Å². The predicted octanol–water partition coefficient (Wildman–Crippen LogP) is 5.01. The number of carbonyl (C=O) groups is 1. The van der Waals surface area contributed by atoms with E-state index >= 15 is 0 Å². The molecule has 1 amide bonds. The Kier molecular flexibility index (Phi) is 4.42. The Labute approximate surface area is 153 Å². The van der Waals surface area contributed by atoms with Gasteiger partial charge < -0.3 is 15.2 Å². The highest BCUT2D eigenvalue weighted by Gasteiger charge is 2.40. The normalized spacial score (nSPS) is 17.7. The Hall–Kier alpha value is -2.56. The van der Waals surface area contributed by atoms with Crippen LogP contribution in [-0.4, -0.2) is 18.3 Å². The molecule has 4 nitrogen and oxygen atoms in total. The van der Waals surface area contributed by atoms with Gasteiger partial charge in [-0.1, -0.05) is 13.8 Å². The van der Waals surface area contributed by atoms with Crippen molar-refractivity contribution < 1.29 is 19.0 Å². The summed E-state index contributed by atoms with van der Waals surface area (Å²) < 4.78 is 20.3. The maximum atomic E-state index is 14.9. The summed E-state index contributed by atoms with van der Waals surface area (Å²) in [7, 11) is 1.63. The molecule has 138 valence electrons. The summed E-state index contributed by atoms with van der Waals surface area (Å²) >= 11 is 0. The number of fused-ring (bicyclic) bond motifs is 1. The standard InChI is InChI=1S/C21H24FNO3/c1-11-6-13(7-12(2)18(11)26-5)15-8-14-10-21(3,4)19(23-20(24)25)16(14)9-17(15)22/h6-9,19,23H,10H2,1-5H3,(H,24,25)/t19-/m0/s1. The summed E-state index contributed by atoms with van der Waals surface area (Å²) in [5, 5.41) is 11.7. The summed E-state index contributed by atoms with van der Waals surface area (Å²) in [6.07, 6.45) is -0.406. The molecule has 1 aliphatic rings. The number of ether oxygens (including phenoxy) is 1. The second kappa shape index (κ2) is 6.31. The van der Waals surface area contributed by atoms with Crippen LogP contribution in [0.4, 0.5) is 9.18 Å². The van der Waals surface area contributed by atoms with Crippen LogP contribution in [0, 0.1) is 25.1 Å². The average Bonchev–Trinajstić information content (AvgIpc) is 2.76. The minimum atomic E-state index is -1.10. The molecule has 2 N–H and O–H groups in total. The smallest absolute Gasteiger partial charge is 0.405 e. The molecule has 0 aliphatic heterocycles. The molecule has 0 radical (unpaired) electrons. The number of aryl methyl sites for hydroxylation is 2. The first kappa shape index (κ1) is 18.2. The van der Waals surface area contributed by atoms with Gasteiger partial charge in [0.05, 0.1) is 13.2 Å². The minimum absolute atomic E-state index is 0.308. The molecule has 0 saturated heterocycles. The van der Waals surface area contributed by atoms with Gasteiger partial charge in [0.25, 0.3) is 0 Å². The fraction of sp³-hybridized carbons (Fsp3) is 0.381. The van der Waals surface area contributed by atoms with Gasteiger partial charge in [-0.2, -0.15) is 0 Å². The van der Waals surface area contributed by atoms with Gasteiger partial charge in [0.1, 0.15) is 11.6 Å². The first-order valence-electron chi connectivity index (χ1n) is 8.61. The largest absolute Gasteiger partial charge is 0.496 e. The van der Waals surface area contributed by atoms with E-state index < -0.39 is 12.1 Å². The van der Waals surface area contributed by atoms with Crippen molar-refractivity contribution in [1.82, 2.24) is 5.32 Å². The lowest BCUT2D eigenvalue weighted by Gasteiger charge is -2.27. The molecule has 0 unspecified atom stereocenters. The van der Waals surface area contributed by atoms with Crippen LogP contribution in [-0.2, 0) is 6.42 Å². The summed E-state index contributed by atoms with van der Waals surface area (Å²) in [6, 6.07) is 6.76. The van der Waals surface area contributed by atoms with Crippen LogP contribution in [0.1, 0.15) is 42.1 Å². The molecular weight excluding hydrogens is 333 g/mol. The number of carboxylic acid groups (broad SMARTS) is 1. The number of amides is 1. The zero-order valence-corrected chi connectivity index (χ0v) is 15.7. The third-order valence-electron chi connectivity index (χ3n) is 5.21. The van der Waals surface area contributed by atoms with Gasteiger partial charge in [-0.15, -0.1) is 0 Å². The highest BCUT2D eigenvalue weighted by Crippen LogP contribution is 2.47. The molecular formula is C21H24FNO3. The number of halogens is 1. The third-order valence-corrected chi connectivity index (χ3v) is 5.21. The van der Waals surface area contributed by atoms with Gasteiger partial charge >= 0.3 is 6.09 Å². The molecule has 2 aromatic rings. The maximum absolute atomic E-state index is 14.9. The van der Waals surface area contributed by atoms with Gasteiger partial charge in [0.2, 0.25) is 0 Å². The van der Waals surface area contributed by atoms with Crippen molar-refractivity contribution in [3.63, 3.8) is 0 Å². The Bertz CT molecular complexity index is 866. The highest BCUT2D eigenvalue weighted by molar-refractivity contribution is 5.71. The molecule has 5 heteroatoms. The number of methoxy groups -OCH3 is 1. The van der Waals surface area contributed by atoms with Crippen LogP contribution in [0.2, 0.25) is 0 Å².